The normalized spacial score (nSPS) is 14.4. The van der Waals surface area contributed by atoms with Crippen LogP contribution in [-0.4, -0.2) is 10.9 Å². The highest BCUT2D eigenvalue weighted by Gasteiger charge is 2.29. The molecule has 1 fully saturated rings. The number of carbonyl (C=O) groups is 1. The van der Waals surface area contributed by atoms with Gasteiger partial charge in [-0.15, -0.1) is 11.3 Å². The number of nitrogens with one attached hydrogen (secondary N) is 1. The first-order valence-electron chi connectivity index (χ1n) is 6.10. The van der Waals surface area contributed by atoms with Gasteiger partial charge in [0.1, 0.15) is 0 Å². The number of aromatic nitrogens is 1. The Morgan fingerprint density at radius 3 is 3.00 bits per heavy atom. The molecule has 2 aromatic heterocycles. The first-order valence-corrected chi connectivity index (χ1v) is 6.98. The van der Waals surface area contributed by atoms with Crippen LogP contribution in [-0.2, 0) is 11.3 Å². The van der Waals surface area contributed by atoms with Crippen molar-refractivity contribution in [2.75, 3.05) is 0 Å². The lowest BCUT2D eigenvalue weighted by Gasteiger charge is -2.08. The predicted octanol–water partition coefficient (Wildman–Crippen LogP) is 2.84. The van der Waals surface area contributed by atoms with Crippen LogP contribution >= 0.6 is 11.3 Å². The van der Waals surface area contributed by atoms with Gasteiger partial charge in [0, 0.05) is 18.7 Å². The molecule has 18 heavy (non-hydrogen) atoms. The minimum Gasteiger partial charge on any atom is -0.352 e. The van der Waals surface area contributed by atoms with Crippen LogP contribution in [0, 0.1) is 5.92 Å². The summed E-state index contributed by atoms with van der Waals surface area (Å²) in [5.41, 5.74) is 2.05. The van der Waals surface area contributed by atoms with E-state index in [0.717, 1.165) is 29.0 Å². The largest absolute Gasteiger partial charge is 0.352 e. The molecule has 1 saturated carbocycles. The van der Waals surface area contributed by atoms with Gasteiger partial charge in [-0.05, 0) is 35.9 Å². The van der Waals surface area contributed by atoms with Gasteiger partial charge in [-0.25, -0.2) is 0 Å². The number of hydrogen-bond acceptors (Lipinski definition) is 3. The quantitative estimate of drug-likeness (QED) is 0.916. The second-order valence-corrected chi connectivity index (χ2v) is 5.43. The molecule has 0 spiro atoms. The van der Waals surface area contributed by atoms with Gasteiger partial charge in [0.05, 0.1) is 10.6 Å². The van der Waals surface area contributed by atoms with E-state index >= 15 is 0 Å². The van der Waals surface area contributed by atoms with Crippen molar-refractivity contribution in [3.8, 4) is 10.6 Å². The van der Waals surface area contributed by atoms with E-state index in [0.29, 0.717) is 6.54 Å². The highest BCUT2D eigenvalue weighted by molar-refractivity contribution is 7.13. The minimum absolute atomic E-state index is 0.177. The number of rotatable bonds is 4. The standard InChI is InChI=1S/C14H14N2OS/c17-14(10-5-6-10)16-9-11-3-1-7-15-13(11)12-4-2-8-18-12/h1-4,7-8,10H,5-6,9H2,(H,16,17). The molecule has 0 unspecified atom stereocenters. The van der Waals surface area contributed by atoms with Crippen LogP contribution in [0.1, 0.15) is 18.4 Å². The van der Waals surface area contributed by atoms with Gasteiger partial charge in [0.25, 0.3) is 0 Å². The van der Waals surface area contributed by atoms with Crippen molar-refractivity contribution in [1.82, 2.24) is 10.3 Å². The summed E-state index contributed by atoms with van der Waals surface area (Å²) in [4.78, 5) is 17.2. The number of pyridine rings is 1. The Morgan fingerprint density at radius 1 is 1.39 bits per heavy atom. The zero-order valence-electron chi connectivity index (χ0n) is 9.93. The summed E-state index contributed by atoms with van der Waals surface area (Å²) in [5.74, 6) is 0.433. The Bertz CT molecular complexity index is 547. The number of amides is 1. The van der Waals surface area contributed by atoms with Crippen LogP contribution in [0.4, 0.5) is 0 Å². The van der Waals surface area contributed by atoms with Crippen LogP contribution in [0.5, 0.6) is 0 Å². The first kappa shape index (κ1) is 11.4. The third-order valence-corrected chi connectivity index (χ3v) is 3.92. The lowest BCUT2D eigenvalue weighted by Crippen LogP contribution is -2.24. The third-order valence-electron chi connectivity index (χ3n) is 3.05. The molecule has 1 aliphatic rings. The molecule has 4 heteroatoms. The van der Waals surface area contributed by atoms with Gasteiger partial charge in [-0.1, -0.05) is 12.1 Å². The van der Waals surface area contributed by atoms with Gasteiger partial charge in [-0.2, -0.15) is 0 Å². The second kappa shape index (κ2) is 4.90. The SMILES string of the molecule is O=C(NCc1cccnc1-c1cccs1)C1CC1. The molecular formula is C14H14N2OS. The van der Waals surface area contributed by atoms with Crippen LogP contribution in [0.25, 0.3) is 10.6 Å². The summed E-state index contributed by atoms with van der Waals surface area (Å²) in [7, 11) is 0. The van der Waals surface area contributed by atoms with Crippen LogP contribution in [0.2, 0.25) is 0 Å². The topological polar surface area (TPSA) is 42.0 Å². The Morgan fingerprint density at radius 2 is 2.28 bits per heavy atom. The predicted molar refractivity (Wildman–Crippen MR) is 72.1 cm³/mol. The Labute approximate surface area is 110 Å². The van der Waals surface area contributed by atoms with E-state index in [4.69, 9.17) is 0 Å². The van der Waals surface area contributed by atoms with Gasteiger partial charge < -0.3 is 5.32 Å². The molecule has 0 aromatic carbocycles. The van der Waals surface area contributed by atoms with E-state index in [1.165, 1.54) is 0 Å². The zero-order chi connectivity index (χ0) is 12.4. The van der Waals surface area contributed by atoms with Crippen molar-refractivity contribution in [2.45, 2.75) is 19.4 Å². The second-order valence-electron chi connectivity index (χ2n) is 4.48. The molecule has 0 aliphatic heterocycles. The molecule has 2 heterocycles. The minimum atomic E-state index is 0.177. The maximum absolute atomic E-state index is 11.6. The number of hydrogen-bond donors (Lipinski definition) is 1. The van der Waals surface area contributed by atoms with Crippen LogP contribution < -0.4 is 5.32 Å². The summed E-state index contributed by atoms with van der Waals surface area (Å²) >= 11 is 1.67. The molecule has 1 aliphatic carbocycles. The van der Waals surface area contributed by atoms with E-state index in [1.807, 2.05) is 23.6 Å². The van der Waals surface area contributed by atoms with Crippen LogP contribution in [0.3, 0.4) is 0 Å². The van der Waals surface area contributed by atoms with E-state index in [-0.39, 0.29) is 11.8 Å². The smallest absolute Gasteiger partial charge is 0.223 e. The van der Waals surface area contributed by atoms with E-state index in [2.05, 4.69) is 16.4 Å². The van der Waals surface area contributed by atoms with Crippen molar-refractivity contribution in [3.05, 3.63) is 41.4 Å². The van der Waals surface area contributed by atoms with Crippen molar-refractivity contribution < 1.29 is 4.79 Å². The molecule has 3 nitrogen and oxygen atoms in total. The summed E-state index contributed by atoms with van der Waals surface area (Å²) in [6, 6.07) is 8.01. The monoisotopic (exact) mass is 258 g/mol. The fraction of sp³-hybridized carbons (Fsp3) is 0.286. The fourth-order valence-corrected chi connectivity index (χ4v) is 2.64. The lowest BCUT2D eigenvalue weighted by atomic mass is 10.1. The van der Waals surface area contributed by atoms with Crippen LogP contribution in [0.15, 0.2) is 35.8 Å². The molecule has 1 N–H and O–H groups in total. The zero-order valence-corrected chi connectivity index (χ0v) is 10.7. The number of nitrogens with zero attached hydrogens (tertiary/aromatic N) is 1. The summed E-state index contributed by atoms with van der Waals surface area (Å²) in [6.45, 7) is 0.566. The van der Waals surface area contributed by atoms with Gasteiger partial charge in [-0.3, -0.25) is 9.78 Å². The van der Waals surface area contributed by atoms with Gasteiger partial charge in [0.2, 0.25) is 5.91 Å². The van der Waals surface area contributed by atoms with Crippen molar-refractivity contribution >= 4 is 17.2 Å². The molecule has 0 saturated heterocycles. The van der Waals surface area contributed by atoms with Crippen molar-refractivity contribution in [2.24, 2.45) is 5.92 Å². The van der Waals surface area contributed by atoms with Gasteiger partial charge in [0.15, 0.2) is 0 Å². The molecule has 92 valence electrons. The fourth-order valence-electron chi connectivity index (χ4n) is 1.89. The molecule has 0 bridgehead atoms. The van der Waals surface area contributed by atoms with E-state index in [9.17, 15) is 4.79 Å². The summed E-state index contributed by atoms with van der Waals surface area (Å²) in [6.07, 6.45) is 3.87. The van der Waals surface area contributed by atoms with Crippen molar-refractivity contribution in [1.29, 1.82) is 0 Å². The molecule has 3 rings (SSSR count). The molecular weight excluding hydrogens is 244 g/mol. The summed E-state index contributed by atoms with van der Waals surface area (Å²) < 4.78 is 0. The Hall–Kier alpha value is -1.68. The molecule has 1 amide bonds. The number of carbonyl (C=O) groups excluding carboxylic acids is 1. The lowest BCUT2D eigenvalue weighted by molar-refractivity contribution is -0.122. The Kier molecular flexibility index (Phi) is 3.11. The molecule has 0 radical (unpaired) electrons. The highest BCUT2D eigenvalue weighted by Crippen LogP contribution is 2.29. The third kappa shape index (κ3) is 2.43. The number of thiophene rings is 1. The highest BCUT2D eigenvalue weighted by atomic mass is 32.1. The average Bonchev–Trinajstić information content (AvgIpc) is 3.12. The average molecular weight is 258 g/mol. The van der Waals surface area contributed by atoms with Gasteiger partial charge >= 0.3 is 0 Å². The summed E-state index contributed by atoms with van der Waals surface area (Å²) in [5, 5.41) is 5.03. The van der Waals surface area contributed by atoms with Crippen molar-refractivity contribution in [3.63, 3.8) is 0 Å². The molecule has 0 atom stereocenters. The first-order chi connectivity index (χ1) is 8.84. The molecule has 2 aromatic rings. The Balaban J connectivity index is 1.76. The van der Waals surface area contributed by atoms with E-state index in [1.54, 1.807) is 17.5 Å². The maximum atomic E-state index is 11.6. The maximum Gasteiger partial charge on any atom is 0.223 e. The van der Waals surface area contributed by atoms with E-state index < -0.39 is 0 Å².